The average Bonchev–Trinajstić information content (AvgIpc) is 2.74. The number of nitrogens with zero attached hydrogens (tertiary/aromatic N) is 3. The van der Waals surface area contributed by atoms with Crippen LogP contribution in [0.2, 0.25) is 0 Å². The molecule has 0 amide bonds. The quantitative estimate of drug-likeness (QED) is 0.290. The molecule has 0 saturated carbocycles. The fourth-order valence-electron chi connectivity index (χ4n) is 3.66. The summed E-state index contributed by atoms with van der Waals surface area (Å²) in [5, 5.41) is 0.162. The van der Waals surface area contributed by atoms with E-state index in [0.29, 0.717) is 18.7 Å². The van der Waals surface area contributed by atoms with Crippen LogP contribution in [0.3, 0.4) is 0 Å². The molecule has 4 nitrogen and oxygen atoms in total. The highest BCUT2D eigenvalue weighted by Crippen LogP contribution is 2.48. The minimum absolute atomic E-state index is 0.0160. The maximum atomic E-state index is 14.1. The van der Waals surface area contributed by atoms with Gasteiger partial charge in [0.25, 0.3) is 0 Å². The van der Waals surface area contributed by atoms with Gasteiger partial charge in [-0.3, -0.25) is 15.0 Å². The molecule has 0 bridgehead atoms. The van der Waals surface area contributed by atoms with E-state index in [-0.39, 0.29) is 23.3 Å². The van der Waals surface area contributed by atoms with Crippen LogP contribution in [0, 0.1) is 12.7 Å². The van der Waals surface area contributed by atoms with Crippen molar-refractivity contribution in [1.29, 1.82) is 0 Å². The second-order valence-corrected chi connectivity index (χ2v) is 8.15. The van der Waals surface area contributed by atoms with Crippen molar-refractivity contribution in [2.24, 2.45) is 10.7 Å². The molecular weight excluding hydrogens is 456 g/mol. The number of benzene rings is 1. The number of alkyl halides is 3. The van der Waals surface area contributed by atoms with E-state index in [1.165, 1.54) is 0 Å². The summed E-state index contributed by atoms with van der Waals surface area (Å²) < 4.78 is 52.2. The van der Waals surface area contributed by atoms with Gasteiger partial charge in [0.2, 0.25) is 0 Å². The number of aryl methyl sites for hydroxylation is 3. The summed E-state index contributed by atoms with van der Waals surface area (Å²) in [6.07, 6.45) is -0.000879. The Labute approximate surface area is 192 Å². The van der Waals surface area contributed by atoms with Gasteiger partial charge in [-0.25, -0.2) is 4.39 Å². The van der Waals surface area contributed by atoms with Gasteiger partial charge in [0.15, 0.2) is 0 Å². The third-order valence-electron chi connectivity index (χ3n) is 5.43. The number of aliphatic imine (C=N–C) groups is 1. The van der Waals surface area contributed by atoms with Gasteiger partial charge in [0.1, 0.15) is 17.0 Å². The summed E-state index contributed by atoms with van der Waals surface area (Å²) in [7, 11) is 0. The lowest BCUT2D eigenvalue weighted by molar-refractivity contribution is -0.138. The van der Waals surface area contributed by atoms with E-state index < -0.39 is 17.6 Å². The molecular formula is C24H19ClF4N4. The van der Waals surface area contributed by atoms with Crippen molar-refractivity contribution in [3.63, 3.8) is 0 Å². The van der Waals surface area contributed by atoms with Gasteiger partial charge in [-0.2, -0.15) is 13.2 Å². The highest BCUT2D eigenvalue weighted by Gasteiger charge is 2.34. The first-order valence-electron chi connectivity index (χ1n) is 10.1. The summed E-state index contributed by atoms with van der Waals surface area (Å²) in [6.45, 7) is 1.89. The fourth-order valence-corrected chi connectivity index (χ4v) is 3.87. The Balaban J connectivity index is 1.53. The molecule has 2 N–H and O–H groups in total. The van der Waals surface area contributed by atoms with Crippen molar-refractivity contribution in [3.8, 4) is 0 Å². The number of fused-ring (bicyclic) bond motifs is 1. The summed E-state index contributed by atoms with van der Waals surface area (Å²) in [4.78, 5) is 12.5. The highest BCUT2D eigenvalue weighted by molar-refractivity contribution is 6.32. The zero-order valence-corrected chi connectivity index (χ0v) is 18.3. The molecule has 3 aromatic rings. The van der Waals surface area contributed by atoms with Crippen molar-refractivity contribution < 1.29 is 17.6 Å². The van der Waals surface area contributed by atoms with Crippen LogP contribution in [0.5, 0.6) is 0 Å². The van der Waals surface area contributed by atoms with Crippen molar-refractivity contribution in [1.82, 2.24) is 9.97 Å². The molecule has 0 fully saturated rings. The van der Waals surface area contributed by atoms with Gasteiger partial charge in [0.05, 0.1) is 11.3 Å². The van der Waals surface area contributed by atoms with E-state index in [4.69, 9.17) is 17.3 Å². The average molecular weight is 475 g/mol. The molecule has 4 rings (SSSR count). The summed E-state index contributed by atoms with van der Waals surface area (Å²) in [5.41, 5.74) is 9.87. The molecule has 9 heteroatoms. The van der Waals surface area contributed by atoms with Crippen LogP contribution in [0.15, 0.2) is 58.9 Å². The Morgan fingerprint density at radius 2 is 1.91 bits per heavy atom. The second-order valence-electron chi connectivity index (χ2n) is 7.75. The predicted octanol–water partition coefficient (Wildman–Crippen LogP) is 5.77. The standard InChI is InChI=1S/C24H19ClF4N4/c1-13-2-3-15(10-31-13)11-33-22-18-8-14(4-6-17(18)21(22)23(25)30)5-7-20-19(26)9-16(12-32-20)24(27,28)29/h2-4,6,8-12,22H,5,7,30H2,1H3/b23-21-,33-11+. The van der Waals surface area contributed by atoms with Crippen LogP contribution >= 0.6 is 11.6 Å². The second kappa shape index (κ2) is 8.94. The van der Waals surface area contributed by atoms with E-state index in [1.54, 1.807) is 12.4 Å². The topological polar surface area (TPSA) is 64.2 Å². The van der Waals surface area contributed by atoms with E-state index in [9.17, 15) is 17.6 Å². The molecule has 170 valence electrons. The van der Waals surface area contributed by atoms with Crippen LogP contribution in [0.1, 0.15) is 45.2 Å². The third-order valence-corrected chi connectivity index (χ3v) is 5.64. The number of aromatic nitrogens is 2. The molecule has 1 atom stereocenters. The minimum Gasteiger partial charge on any atom is -0.389 e. The molecule has 2 heterocycles. The maximum absolute atomic E-state index is 14.1. The lowest BCUT2D eigenvalue weighted by Crippen LogP contribution is -2.18. The molecule has 0 spiro atoms. The van der Waals surface area contributed by atoms with Crippen LogP contribution < -0.4 is 5.73 Å². The number of rotatable bonds is 5. The first-order chi connectivity index (χ1) is 15.6. The Morgan fingerprint density at radius 3 is 2.55 bits per heavy atom. The molecule has 0 aliphatic heterocycles. The lowest BCUT2D eigenvalue weighted by atomic mass is 9.77. The third kappa shape index (κ3) is 4.90. The van der Waals surface area contributed by atoms with E-state index >= 15 is 0 Å². The molecule has 1 unspecified atom stereocenters. The van der Waals surface area contributed by atoms with Crippen LogP contribution in [0.25, 0.3) is 5.57 Å². The van der Waals surface area contributed by atoms with E-state index in [2.05, 4.69) is 15.0 Å². The number of nitrogens with two attached hydrogens (primary N) is 1. The highest BCUT2D eigenvalue weighted by atomic mass is 35.5. The summed E-state index contributed by atoms with van der Waals surface area (Å²) >= 11 is 6.09. The van der Waals surface area contributed by atoms with Gasteiger partial charge in [-0.05, 0) is 48.6 Å². The monoisotopic (exact) mass is 474 g/mol. The van der Waals surface area contributed by atoms with E-state index in [1.807, 2.05) is 37.3 Å². The van der Waals surface area contributed by atoms with Gasteiger partial charge in [-0.1, -0.05) is 35.9 Å². The molecule has 0 radical (unpaired) electrons. The molecule has 2 aromatic heterocycles. The Morgan fingerprint density at radius 1 is 1.12 bits per heavy atom. The van der Waals surface area contributed by atoms with Gasteiger partial charge < -0.3 is 5.73 Å². The van der Waals surface area contributed by atoms with E-state index in [0.717, 1.165) is 33.5 Å². The number of hydrogen-bond acceptors (Lipinski definition) is 4. The van der Waals surface area contributed by atoms with Crippen molar-refractivity contribution in [2.45, 2.75) is 32.0 Å². The molecule has 1 aliphatic carbocycles. The maximum Gasteiger partial charge on any atom is 0.417 e. The molecule has 1 aromatic carbocycles. The summed E-state index contributed by atoms with van der Waals surface area (Å²) in [5.74, 6) is -0.969. The summed E-state index contributed by atoms with van der Waals surface area (Å²) in [6, 6.07) is 9.56. The minimum atomic E-state index is -4.63. The predicted molar refractivity (Wildman–Crippen MR) is 119 cm³/mol. The first kappa shape index (κ1) is 22.9. The first-order valence-corrected chi connectivity index (χ1v) is 10.5. The van der Waals surface area contributed by atoms with Crippen LogP contribution in [0.4, 0.5) is 17.6 Å². The number of halogens is 5. The van der Waals surface area contributed by atoms with Crippen molar-refractivity contribution in [2.75, 3.05) is 0 Å². The Hall–Kier alpha value is -3.26. The molecule has 0 saturated heterocycles. The normalized spacial score (nSPS) is 17.1. The Kier molecular flexibility index (Phi) is 6.21. The van der Waals surface area contributed by atoms with Crippen molar-refractivity contribution >= 4 is 23.4 Å². The number of hydrogen-bond donors (Lipinski definition) is 1. The van der Waals surface area contributed by atoms with Gasteiger partial charge in [-0.15, -0.1) is 0 Å². The molecule has 33 heavy (non-hydrogen) atoms. The molecule has 1 aliphatic rings. The zero-order chi connectivity index (χ0) is 23.8. The van der Waals surface area contributed by atoms with Crippen LogP contribution in [-0.2, 0) is 19.0 Å². The van der Waals surface area contributed by atoms with Gasteiger partial charge in [0, 0.05) is 35.4 Å². The Bertz CT molecular complexity index is 1250. The SMILES string of the molecule is Cc1ccc(/C=N/C2/C(=C(\N)Cl)c3ccc(CCc4ncc(C(F)(F)F)cc4F)cc32)cn1. The smallest absolute Gasteiger partial charge is 0.389 e. The van der Waals surface area contributed by atoms with Crippen LogP contribution in [-0.4, -0.2) is 16.2 Å². The van der Waals surface area contributed by atoms with Crippen molar-refractivity contribution in [3.05, 3.63) is 99.0 Å². The zero-order valence-electron chi connectivity index (χ0n) is 17.5. The fraction of sp³-hybridized carbons (Fsp3) is 0.208. The number of pyridine rings is 2. The largest absolute Gasteiger partial charge is 0.417 e. The lowest BCUT2D eigenvalue weighted by Gasteiger charge is -2.31. The van der Waals surface area contributed by atoms with Gasteiger partial charge >= 0.3 is 6.18 Å².